The van der Waals surface area contributed by atoms with Crippen LogP contribution in [0, 0.1) is 23.7 Å². The molecule has 0 amide bonds. The number of benzene rings is 7. The zero-order valence-electron chi connectivity index (χ0n) is 37.4. The van der Waals surface area contributed by atoms with Crippen LogP contribution in [0.2, 0.25) is 0 Å². The Morgan fingerprint density at radius 3 is 1.28 bits per heavy atom. The molecule has 7 aromatic carbocycles. The van der Waals surface area contributed by atoms with E-state index in [1.165, 1.54) is 59.9 Å². The summed E-state index contributed by atoms with van der Waals surface area (Å²) in [5.41, 5.74) is 14.1. The van der Waals surface area contributed by atoms with Crippen LogP contribution >= 0.6 is 0 Å². The molecule has 0 saturated heterocycles. The van der Waals surface area contributed by atoms with Crippen LogP contribution < -0.4 is 0 Å². The topological polar surface area (TPSA) is 90.2 Å². The number of hydrogen-bond acceptors (Lipinski definition) is 7. The summed E-state index contributed by atoms with van der Waals surface area (Å²) in [5, 5.41) is 0.939. The van der Waals surface area contributed by atoms with E-state index in [9.17, 15) is 0 Å². The van der Waals surface area contributed by atoms with Gasteiger partial charge in [-0.15, -0.1) is 0 Å². The van der Waals surface area contributed by atoms with Crippen LogP contribution in [0.25, 0.3) is 101 Å². The van der Waals surface area contributed by atoms with Gasteiger partial charge in [-0.3, -0.25) is 4.98 Å². The summed E-state index contributed by atoms with van der Waals surface area (Å²) in [7, 11) is 0. The average Bonchev–Trinajstić information content (AvgIpc) is 3.71. The SMILES string of the molecule is c1ccc(-c2nc(-c3ccccc3)nc(-c3ccc(-c4nc(-c5ccccc5)nc(-c5ccccc5)n4)c4c(-c5cccc6c5-c5ccccc5C65C6CC7CC(C6)CC5C7)ccnc34)n2)cc1. The largest absolute Gasteiger partial charge is 0.255 e. The highest BCUT2D eigenvalue weighted by molar-refractivity contribution is 6.11. The Labute approximate surface area is 395 Å². The summed E-state index contributed by atoms with van der Waals surface area (Å²) in [4.78, 5) is 36.6. The Morgan fingerprint density at radius 1 is 0.324 bits per heavy atom. The maximum Gasteiger partial charge on any atom is 0.166 e. The van der Waals surface area contributed by atoms with Gasteiger partial charge < -0.3 is 0 Å². The molecule has 3 aromatic heterocycles. The van der Waals surface area contributed by atoms with Crippen molar-refractivity contribution in [2.24, 2.45) is 23.7 Å². The first-order valence-electron chi connectivity index (χ1n) is 24.1. The van der Waals surface area contributed by atoms with Crippen molar-refractivity contribution in [3.63, 3.8) is 0 Å². The normalized spacial score (nSPS) is 20.7. The van der Waals surface area contributed by atoms with Crippen molar-refractivity contribution in [2.75, 3.05) is 0 Å². The van der Waals surface area contributed by atoms with Crippen LogP contribution in [-0.2, 0) is 5.41 Å². The molecule has 0 atom stereocenters. The first-order valence-corrected chi connectivity index (χ1v) is 24.1. The number of hydrogen-bond donors (Lipinski definition) is 0. The minimum Gasteiger partial charge on any atom is -0.255 e. The van der Waals surface area contributed by atoms with Gasteiger partial charge >= 0.3 is 0 Å². The van der Waals surface area contributed by atoms with E-state index in [0.717, 1.165) is 61.7 Å². The molecule has 4 bridgehead atoms. The Kier molecular flexibility index (Phi) is 8.94. The van der Waals surface area contributed by atoms with E-state index in [4.69, 9.17) is 34.9 Å². The van der Waals surface area contributed by atoms with E-state index in [-0.39, 0.29) is 5.41 Å². The standard InChI is InChI=1S/C61H45N7/c1-5-16-39(17-6-1)55-63-56(40-18-7-2-8-19-40)66-59(65-55)48-28-29-49(60-67-57(41-20-9-3-10-21-41)64-58(68-60)42-22-11-4-12-23-42)54-53(48)46(30-31-62-54)45-25-15-27-51-52(45)47-24-13-14-26-50(47)61(51)43-33-37-32-38(35-43)36-44(61)34-37/h1-31,37-38,43-44H,32-36H2. The van der Waals surface area contributed by atoms with Crippen molar-refractivity contribution in [1.82, 2.24) is 34.9 Å². The monoisotopic (exact) mass is 875 g/mol. The third-order valence-corrected chi connectivity index (χ3v) is 15.6. The lowest BCUT2D eigenvalue weighted by atomic mass is 9.43. The summed E-state index contributed by atoms with van der Waals surface area (Å²) in [5.74, 6) is 6.52. The van der Waals surface area contributed by atoms with Gasteiger partial charge in [0.2, 0.25) is 0 Å². The molecule has 15 rings (SSSR count). The number of aromatic nitrogens is 7. The lowest BCUT2D eigenvalue weighted by Gasteiger charge is -2.61. The van der Waals surface area contributed by atoms with E-state index in [1.54, 1.807) is 0 Å². The molecule has 4 fully saturated rings. The predicted octanol–water partition coefficient (Wildman–Crippen LogP) is 14.0. The molecule has 0 N–H and O–H groups in total. The molecule has 3 heterocycles. The third kappa shape index (κ3) is 6.08. The van der Waals surface area contributed by atoms with Gasteiger partial charge in [-0.25, -0.2) is 29.9 Å². The molecule has 324 valence electrons. The minimum atomic E-state index is 0.0160. The number of fused-ring (bicyclic) bond motifs is 4. The number of pyridine rings is 1. The molecule has 7 heteroatoms. The minimum absolute atomic E-state index is 0.0160. The van der Waals surface area contributed by atoms with Gasteiger partial charge in [-0.1, -0.05) is 164 Å². The molecular formula is C61H45N7. The third-order valence-electron chi connectivity index (χ3n) is 15.6. The van der Waals surface area contributed by atoms with Crippen molar-refractivity contribution in [2.45, 2.75) is 37.5 Å². The second-order valence-corrected chi connectivity index (χ2v) is 19.3. The van der Waals surface area contributed by atoms with Crippen molar-refractivity contribution < 1.29 is 0 Å². The zero-order valence-corrected chi connectivity index (χ0v) is 37.4. The summed E-state index contributed by atoms with van der Waals surface area (Å²) in [6, 6.07) is 63.6. The molecule has 0 radical (unpaired) electrons. The van der Waals surface area contributed by atoms with Gasteiger partial charge in [0.15, 0.2) is 34.9 Å². The first kappa shape index (κ1) is 39.2. The molecule has 4 saturated carbocycles. The van der Waals surface area contributed by atoms with Crippen LogP contribution in [0.15, 0.2) is 188 Å². The summed E-state index contributed by atoms with van der Waals surface area (Å²) < 4.78 is 0. The smallest absolute Gasteiger partial charge is 0.166 e. The fraction of sp³-hybridized carbons (Fsp3) is 0.164. The molecule has 7 nitrogen and oxygen atoms in total. The van der Waals surface area contributed by atoms with Gasteiger partial charge in [-0.05, 0) is 107 Å². The second kappa shape index (κ2) is 15.5. The van der Waals surface area contributed by atoms with Crippen molar-refractivity contribution in [3.05, 3.63) is 199 Å². The summed E-state index contributed by atoms with van der Waals surface area (Å²) in [6.07, 6.45) is 8.68. The van der Waals surface area contributed by atoms with Gasteiger partial charge in [0.1, 0.15) is 0 Å². The predicted molar refractivity (Wildman–Crippen MR) is 270 cm³/mol. The number of rotatable bonds is 7. The van der Waals surface area contributed by atoms with Crippen LogP contribution in [0.3, 0.4) is 0 Å². The Morgan fingerprint density at radius 2 is 0.750 bits per heavy atom. The van der Waals surface area contributed by atoms with E-state index < -0.39 is 0 Å². The van der Waals surface area contributed by atoms with Crippen molar-refractivity contribution >= 4 is 10.9 Å². The average molecular weight is 876 g/mol. The highest BCUT2D eigenvalue weighted by Gasteiger charge is 2.61. The van der Waals surface area contributed by atoms with Crippen molar-refractivity contribution in [1.29, 1.82) is 0 Å². The zero-order chi connectivity index (χ0) is 44.8. The highest BCUT2D eigenvalue weighted by Crippen LogP contribution is 2.70. The molecular weight excluding hydrogens is 831 g/mol. The molecule has 1 spiro atoms. The lowest BCUT2D eigenvalue weighted by Crippen LogP contribution is -2.55. The van der Waals surface area contributed by atoms with E-state index >= 15 is 0 Å². The maximum atomic E-state index is 5.33. The summed E-state index contributed by atoms with van der Waals surface area (Å²) in [6.45, 7) is 0. The Hall–Kier alpha value is -8.03. The maximum absolute atomic E-state index is 5.33. The van der Waals surface area contributed by atoms with E-state index in [2.05, 4.69) is 84.9 Å². The quantitative estimate of drug-likeness (QED) is 0.157. The molecule has 0 aliphatic heterocycles. The second-order valence-electron chi connectivity index (χ2n) is 19.3. The Bertz CT molecular complexity index is 3430. The molecule has 10 aromatic rings. The fourth-order valence-electron chi connectivity index (χ4n) is 13.1. The number of nitrogens with zero attached hydrogens (tertiary/aromatic N) is 7. The van der Waals surface area contributed by atoms with Gasteiger partial charge in [0.25, 0.3) is 0 Å². The highest BCUT2D eigenvalue weighted by atomic mass is 15.0. The van der Waals surface area contributed by atoms with Crippen LogP contribution in [0.1, 0.15) is 43.2 Å². The van der Waals surface area contributed by atoms with E-state index in [0.29, 0.717) is 46.8 Å². The molecule has 0 unspecified atom stereocenters. The Balaban J connectivity index is 1.06. The molecule has 5 aliphatic carbocycles. The van der Waals surface area contributed by atoms with Gasteiger partial charge in [0, 0.05) is 50.4 Å². The van der Waals surface area contributed by atoms with Crippen LogP contribution in [-0.4, -0.2) is 34.9 Å². The lowest BCUT2D eigenvalue weighted by molar-refractivity contribution is -0.0399. The van der Waals surface area contributed by atoms with Gasteiger partial charge in [0.05, 0.1) is 5.52 Å². The van der Waals surface area contributed by atoms with Gasteiger partial charge in [-0.2, -0.15) is 0 Å². The first-order chi connectivity index (χ1) is 33.7. The van der Waals surface area contributed by atoms with E-state index in [1.807, 2.05) is 103 Å². The fourth-order valence-corrected chi connectivity index (χ4v) is 13.1. The molecule has 68 heavy (non-hydrogen) atoms. The summed E-state index contributed by atoms with van der Waals surface area (Å²) >= 11 is 0. The van der Waals surface area contributed by atoms with Crippen LogP contribution in [0.4, 0.5) is 0 Å². The molecule has 5 aliphatic rings. The van der Waals surface area contributed by atoms with Crippen molar-refractivity contribution in [3.8, 4) is 90.6 Å². The van der Waals surface area contributed by atoms with Crippen LogP contribution in [0.5, 0.6) is 0 Å².